The zero-order valence-electron chi connectivity index (χ0n) is 16.8. The fourth-order valence-electron chi connectivity index (χ4n) is 2.83. The van der Waals surface area contributed by atoms with Crippen molar-refractivity contribution in [1.82, 2.24) is 10.6 Å². The van der Waals surface area contributed by atoms with Crippen LogP contribution in [0.2, 0.25) is 0 Å². The second kappa shape index (κ2) is 11.1. The average molecular weight is 362 g/mol. The maximum absolute atomic E-state index is 6.12. The van der Waals surface area contributed by atoms with Crippen molar-refractivity contribution in [3.63, 3.8) is 0 Å². The third kappa shape index (κ3) is 7.24. The molecule has 0 aromatic heterocycles. The van der Waals surface area contributed by atoms with Crippen LogP contribution < -0.4 is 15.4 Å². The van der Waals surface area contributed by atoms with E-state index in [0.29, 0.717) is 25.0 Å². The SMILES string of the molecule is CCNC(=NCc1ccc(C)cc1OCC1CCOC1)NCCC(C)C. The Labute approximate surface area is 158 Å². The monoisotopic (exact) mass is 361 g/mol. The predicted molar refractivity (Wildman–Crippen MR) is 108 cm³/mol. The van der Waals surface area contributed by atoms with Crippen molar-refractivity contribution in [1.29, 1.82) is 0 Å². The molecule has 5 heteroatoms. The zero-order chi connectivity index (χ0) is 18.8. The molecule has 26 heavy (non-hydrogen) atoms. The van der Waals surface area contributed by atoms with Crippen molar-refractivity contribution >= 4 is 5.96 Å². The Morgan fingerprint density at radius 1 is 1.35 bits per heavy atom. The van der Waals surface area contributed by atoms with Gasteiger partial charge in [-0.05, 0) is 44.2 Å². The highest BCUT2D eigenvalue weighted by atomic mass is 16.5. The number of hydrogen-bond donors (Lipinski definition) is 2. The van der Waals surface area contributed by atoms with Gasteiger partial charge in [-0.25, -0.2) is 4.99 Å². The van der Waals surface area contributed by atoms with Crippen LogP contribution in [0.3, 0.4) is 0 Å². The van der Waals surface area contributed by atoms with E-state index in [-0.39, 0.29) is 0 Å². The quantitative estimate of drug-likeness (QED) is 0.522. The summed E-state index contributed by atoms with van der Waals surface area (Å²) >= 11 is 0. The van der Waals surface area contributed by atoms with Crippen molar-refractivity contribution < 1.29 is 9.47 Å². The third-order valence-corrected chi connectivity index (χ3v) is 4.49. The fraction of sp³-hybridized carbons (Fsp3) is 0.667. The predicted octanol–water partition coefficient (Wildman–Crippen LogP) is 3.51. The van der Waals surface area contributed by atoms with Gasteiger partial charge in [-0.2, -0.15) is 0 Å². The molecule has 0 radical (unpaired) electrons. The van der Waals surface area contributed by atoms with Crippen LogP contribution in [-0.4, -0.2) is 38.9 Å². The van der Waals surface area contributed by atoms with E-state index in [1.165, 1.54) is 5.56 Å². The van der Waals surface area contributed by atoms with E-state index in [0.717, 1.165) is 56.4 Å². The van der Waals surface area contributed by atoms with Crippen LogP contribution in [0.15, 0.2) is 23.2 Å². The first kappa shape index (κ1) is 20.6. The fourth-order valence-corrected chi connectivity index (χ4v) is 2.83. The van der Waals surface area contributed by atoms with Crippen molar-refractivity contribution in [2.75, 3.05) is 32.9 Å². The summed E-state index contributed by atoms with van der Waals surface area (Å²) in [5.74, 6) is 2.99. The molecule has 1 unspecified atom stereocenters. The number of aliphatic imine (C=N–C) groups is 1. The molecule has 2 N–H and O–H groups in total. The molecular formula is C21H35N3O2. The molecule has 0 bridgehead atoms. The maximum atomic E-state index is 6.12. The molecule has 0 spiro atoms. The van der Waals surface area contributed by atoms with Crippen molar-refractivity contribution in [3.05, 3.63) is 29.3 Å². The van der Waals surface area contributed by atoms with E-state index >= 15 is 0 Å². The number of aryl methyl sites for hydroxylation is 1. The van der Waals surface area contributed by atoms with Crippen molar-refractivity contribution in [3.8, 4) is 5.75 Å². The first-order chi connectivity index (χ1) is 12.6. The van der Waals surface area contributed by atoms with Crippen LogP contribution in [0.25, 0.3) is 0 Å². The van der Waals surface area contributed by atoms with Gasteiger partial charge in [0, 0.05) is 31.2 Å². The minimum atomic E-state index is 0.502. The van der Waals surface area contributed by atoms with Gasteiger partial charge in [0.2, 0.25) is 0 Å². The summed E-state index contributed by atoms with van der Waals surface area (Å²) in [4.78, 5) is 4.74. The molecule has 1 fully saturated rings. The first-order valence-corrected chi connectivity index (χ1v) is 9.90. The van der Waals surface area contributed by atoms with E-state index < -0.39 is 0 Å². The molecule has 0 aliphatic carbocycles. The Morgan fingerprint density at radius 3 is 2.88 bits per heavy atom. The average Bonchev–Trinajstić information content (AvgIpc) is 3.12. The molecule has 1 atom stereocenters. The lowest BCUT2D eigenvalue weighted by atomic mass is 10.1. The topological polar surface area (TPSA) is 54.9 Å². The van der Waals surface area contributed by atoms with Gasteiger partial charge in [0.25, 0.3) is 0 Å². The zero-order valence-corrected chi connectivity index (χ0v) is 16.8. The standard InChI is InChI=1S/C21H35N3O2/c1-5-22-21(23-10-8-16(2)3)24-13-19-7-6-17(4)12-20(19)26-15-18-9-11-25-14-18/h6-7,12,16,18H,5,8-11,13-15H2,1-4H3,(H2,22,23,24). The number of ether oxygens (including phenoxy) is 2. The number of rotatable bonds is 9. The molecule has 1 aromatic rings. The van der Waals surface area contributed by atoms with Gasteiger partial charge in [-0.3, -0.25) is 0 Å². The van der Waals surface area contributed by atoms with Gasteiger partial charge in [0.15, 0.2) is 5.96 Å². The minimum absolute atomic E-state index is 0.502. The number of hydrogen-bond acceptors (Lipinski definition) is 3. The van der Waals surface area contributed by atoms with Crippen LogP contribution >= 0.6 is 0 Å². The highest BCUT2D eigenvalue weighted by Crippen LogP contribution is 2.23. The summed E-state index contributed by atoms with van der Waals surface area (Å²) in [5.41, 5.74) is 2.33. The molecule has 1 saturated heterocycles. The van der Waals surface area contributed by atoms with Gasteiger partial charge in [0.1, 0.15) is 5.75 Å². The van der Waals surface area contributed by atoms with Crippen LogP contribution in [0, 0.1) is 18.8 Å². The summed E-state index contributed by atoms with van der Waals surface area (Å²) in [7, 11) is 0. The lowest BCUT2D eigenvalue weighted by molar-refractivity contribution is 0.166. The van der Waals surface area contributed by atoms with Crippen LogP contribution in [0.5, 0.6) is 5.75 Å². The van der Waals surface area contributed by atoms with E-state index in [4.69, 9.17) is 14.5 Å². The summed E-state index contributed by atoms with van der Waals surface area (Å²) in [6.07, 6.45) is 2.22. The Bertz CT molecular complexity index is 566. The first-order valence-electron chi connectivity index (χ1n) is 9.90. The normalized spacial score (nSPS) is 17.6. The third-order valence-electron chi connectivity index (χ3n) is 4.49. The van der Waals surface area contributed by atoms with Crippen LogP contribution in [-0.2, 0) is 11.3 Å². The molecule has 1 aromatic carbocycles. The van der Waals surface area contributed by atoms with E-state index in [2.05, 4.69) is 56.5 Å². The van der Waals surface area contributed by atoms with Gasteiger partial charge in [-0.15, -0.1) is 0 Å². The molecule has 1 aliphatic heterocycles. The highest BCUT2D eigenvalue weighted by molar-refractivity contribution is 5.79. The largest absolute Gasteiger partial charge is 0.493 e. The Hall–Kier alpha value is -1.75. The molecule has 0 saturated carbocycles. The van der Waals surface area contributed by atoms with Gasteiger partial charge < -0.3 is 20.1 Å². The molecule has 1 aliphatic rings. The molecule has 5 nitrogen and oxygen atoms in total. The Kier molecular flexibility index (Phi) is 8.75. The molecule has 1 heterocycles. The summed E-state index contributed by atoms with van der Waals surface area (Å²) < 4.78 is 11.6. The lowest BCUT2D eigenvalue weighted by Crippen LogP contribution is -2.38. The lowest BCUT2D eigenvalue weighted by Gasteiger charge is -2.15. The van der Waals surface area contributed by atoms with Gasteiger partial charge in [-0.1, -0.05) is 26.0 Å². The smallest absolute Gasteiger partial charge is 0.191 e. The van der Waals surface area contributed by atoms with Crippen LogP contribution in [0.4, 0.5) is 0 Å². The second-order valence-corrected chi connectivity index (χ2v) is 7.46. The number of guanidine groups is 1. The van der Waals surface area contributed by atoms with E-state index in [9.17, 15) is 0 Å². The number of nitrogens with zero attached hydrogens (tertiary/aromatic N) is 1. The maximum Gasteiger partial charge on any atom is 0.191 e. The number of nitrogens with one attached hydrogen (secondary N) is 2. The summed E-state index contributed by atoms with van der Waals surface area (Å²) in [6, 6.07) is 6.35. The highest BCUT2D eigenvalue weighted by Gasteiger charge is 2.17. The molecule has 0 amide bonds. The Balaban J connectivity index is 1.98. The molecular weight excluding hydrogens is 326 g/mol. The second-order valence-electron chi connectivity index (χ2n) is 7.46. The van der Waals surface area contributed by atoms with Gasteiger partial charge in [0.05, 0.1) is 19.8 Å². The van der Waals surface area contributed by atoms with E-state index in [1.54, 1.807) is 0 Å². The number of benzene rings is 1. The van der Waals surface area contributed by atoms with Crippen molar-refractivity contribution in [2.45, 2.75) is 47.1 Å². The summed E-state index contributed by atoms with van der Waals surface area (Å²) in [5, 5.41) is 6.73. The Morgan fingerprint density at radius 2 is 2.19 bits per heavy atom. The molecule has 2 rings (SSSR count). The minimum Gasteiger partial charge on any atom is -0.493 e. The van der Waals surface area contributed by atoms with Gasteiger partial charge >= 0.3 is 0 Å². The van der Waals surface area contributed by atoms with Crippen LogP contribution in [0.1, 0.15) is 44.7 Å². The van der Waals surface area contributed by atoms with Crippen molar-refractivity contribution in [2.24, 2.45) is 16.8 Å². The van der Waals surface area contributed by atoms with E-state index in [1.807, 2.05) is 0 Å². The summed E-state index contributed by atoms with van der Waals surface area (Å²) in [6.45, 7) is 13.4. The molecule has 146 valence electrons.